The van der Waals surface area contributed by atoms with Crippen LogP contribution in [0.5, 0.6) is 11.5 Å². The molecule has 5 N–H and O–H groups in total. The highest BCUT2D eigenvalue weighted by Crippen LogP contribution is 2.51. The molecule has 0 spiro atoms. The number of unbranched alkanes of at least 4 members (excludes halogenated alkanes) is 1. The number of hydrogen-bond acceptors (Lipinski definition) is 7. The lowest BCUT2D eigenvalue weighted by Crippen LogP contribution is -2.56. The Hall–Kier alpha value is -3.86. The first-order valence-corrected chi connectivity index (χ1v) is 14.5. The van der Waals surface area contributed by atoms with E-state index in [1.165, 1.54) is 7.11 Å². The molecule has 5 rings (SSSR count). The lowest BCUT2D eigenvalue weighted by molar-refractivity contribution is -0.137. The molecular weight excluding hydrogens is 538 g/mol. The van der Waals surface area contributed by atoms with Crippen molar-refractivity contribution in [1.82, 2.24) is 15.2 Å². The molecule has 42 heavy (non-hydrogen) atoms. The summed E-state index contributed by atoms with van der Waals surface area (Å²) < 4.78 is 11.8. The zero-order chi connectivity index (χ0) is 29.8. The number of fused-ring (bicyclic) bond motifs is 4. The number of ether oxygens (including phenoxy) is 2. The van der Waals surface area contributed by atoms with Crippen LogP contribution < -0.4 is 14.8 Å². The Labute approximate surface area is 244 Å². The number of benzene rings is 2. The quantitative estimate of drug-likeness (QED) is 0.223. The number of methoxy groups -OCH3 is 1. The first-order chi connectivity index (χ1) is 20.4. The summed E-state index contributed by atoms with van der Waals surface area (Å²) in [5, 5.41) is 34.8. The molecule has 4 unspecified atom stereocenters. The van der Waals surface area contributed by atoms with Gasteiger partial charge in [-0.1, -0.05) is 31.5 Å². The van der Waals surface area contributed by atoms with Gasteiger partial charge in [0, 0.05) is 48.3 Å². The van der Waals surface area contributed by atoms with Gasteiger partial charge in [0.05, 0.1) is 32.3 Å². The summed E-state index contributed by atoms with van der Waals surface area (Å²) in [7, 11) is 1.49. The van der Waals surface area contributed by atoms with E-state index in [0.717, 1.165) is 23.0 Å². The molecule has 224 valence electrons. The van der Waals surface area contributed by atoms with Gasteiger partial charge in [0.1, 0.15) is 12.2 Å². The summed E-state index contributed by atoms with van der Waals surface area (Å²) in [6.45, 7) is 1.91. The van der Waals surface area contributed by atoms with Crippen molar-refractivity contribution in [2.24, 2.45) is 0 Å². The average molecular weight is 578 g/mol. The number of carbonyl (C=O) groups excluding carboxylic acids is 2. The second-order valence-electron chi connectivity index (χ2n) is 10.8. The van der Waals surface area contributed by atoms with Crippen LogP contribution in [0.1, 0.15) is 48.9 Å². The van der Waals surface area contributed by atoms with Crippen LogP contribution in [0, 0.1) is 0 Å². The maximum absolute atomic E-state index is 13.6. The van der Waals surface area contributed by atoms with Crippen LogP contribution in [0.25, 0.3) is 10.9 Å². The van der Waals surface area contributed by atoms with E-state index in [2.05, 4.69) is 16.4 Å². The zero-order valence-corrected chi connectivity index (χ0v) is 24.0. The monoisotopic (exact) mass is 577 g/mol. The summed E-state index contributed by atoms with van der Waals surface area (Å²) in [6, 6.07) is 12.6. The van der Waals surface area contributed by atoms with Gasteiger partial charge in [-0.15, -0.1) is 0 Å². The predicted octanol–water partition coefficient (Wildman–Crippen LogP) is 2.55. The predicted molar refractivity (Wildman–Crippen MR) is 157 cm³/mol. The number of carbonyl (C=O) groups is 2. The highest BCUT2D eigenvalue weighted by Gasteiger charge is 2.51. The Kier molecular flexibility index (Phi) is 9.15. The van der Waals surface area contributed by atoms with Gasteiger partial charge in [0.25, 0.3) is 0 Å². The topological polar surface area (TPSA) is 144 Å². The van der Waals surface area contributed by atoms with Crippen molar-refractivity contribution >= 4 is 22.7 Å². The Balaban J connectivity index is 1.53. The summed E-state index contributed by atoms with van der Waals surface area (Å²) in [4.78, 5) is 32.2. The normalized spacial score (nSPS) is 20.8. The molecular formula is C32H39N3O7. The minimum atomic E-state index is -1.15. The molecule has 2 aliphatic rings. The smallest absolute Gasteiger partial charge is 0.247 e. The van der Waals surface area contributed by atoms with Gasteiger partial charge >= 0.3 is 0 Å². The second-order valence-corrected chi connectivity index (χ2v) is 10.8. The third-order valence-corrected chi connectivity index (χ3v) is 8.13. The second kappa shape index (κ2) is 13.0. The van der Waals surface area contributed by atoms with E-state index in [1.807, 2.05) is 31.2 Å². The van der Waals surface area contributed by atoms with Gasteiger partial charge in [0.2, 0.25) is 11.8 Å². The molecule has 1 aliphatic heterocycles. The first kappa shape index (κ1) is 29.6. The van der Waals surface area contributed by atoms with Crippen LogP contribution in [-0.4, -0.2) is 82.1 Å². The van der Waals surface area contributed by atoms with E-state index in [-0.39, 0.29) is 25.7 Å². The van der Waals surface area contributed by atoms with Gasteiger partial charge < -0.3 is 40.0 Å². The summed E-state index contributed by atoms with van der Waals surface area (Å²) >= 11 is 0. The van der Waals surface area contributed by atoms with Crippen molar-refractivity contribution in [2.75, 3.05) is 26.8 Å². The maximum Gasteiger partial charge on any atom is 0.247 e. The van der Waals surface area contributed by atoms with Gasteiger partial charge in [-0.3, -0.25) is 9.59 Å². The molecule has 3 aromatic rings. The van der Waals surface area contributed by atoms with E-state index >= 15 is 0 Å². The number of nitrogens with one attached hydrogen (secondary N) is 2. The van der Waals surface area contributed by atoms with Crippen molar-refractivity contribution in [1.29, 1.82) is 0 Å². The number of para-hydroxylation sites is 1. The van der Waals surface area contributed by atoms with Crippen LogP contribution >= 0.6 is 0 Å². The number of rotatable bonds is 12. The summed E-state index contributed by atoms with van der Waals surface area (Å²) in [6.07, 6.45) is 2.04. The van der Waals surface area contributed by atoms with Crippen LogP contribution in [-0.2, 0) is 22.6 Å². The Morgan fingerprint density at radius 3 is 2.69 bits per heavy atom. The van der Waals surface area contributed by atoms with Gasteiger partial charge in [-0.05, 0) is 47.7 Å². The van der Waals surface area contributed by atoms with E-state index in [0.29, 0.717) is 54.0 Å². The molecule has 2 heterocycles. The zero-order valence-electron chi connectivity index (χ0n) is 24.0. The fourth-order valence-corrected chi connectivity index (χ4v) is 6.04. The third-order valence-electron chi connectivity index (χ3n) is 8.13. The molecule has 2 amide bonds. The van der Waals surface area contributed by atoms with E-state index in [9.17, 15) is 24.9 Å². The summed E-state index contributed by atoms with van der Waals surface area (Å²) in [5.74, 6) is -0.409. The molecule has 0 saturated carbocycles. The Morgan fingerprint density at radius 2 is 1.98 bits per heavy atom. The Bertz CT molecular complexity index is 1430. The Morgan fingerprint density at radius 1 is 1.17 bits per heavy atom. The molecule has 2 aromatic carbocycles. The molecule has 4 atom stereocenters. The lowest BCUT2D eigenvalue weighted by atomic mass is 9.77. The molecule has 0 radical (unpaired) electrons. The standard InChI is InChI=1S/C32H39N3O7/c1-3-4-9-27(38)35(12-10-21-16-20-7-5-6-8-24(20)34-21)25-17-23(32(40)33-11-13-36)28-22-14-19(18-37)15-26(41-2)30(22)42-31(28)29(25)39/h5-8,14-17,25,28-29,31,34,36-37,39H,3-4,9-13,18H2,1-2H3,(H,33,40). The van der Waals surface area contributed by atoms with Gasteiger partial charge in [0.15, 0.2) is 11.5 Å². The van der Waals surface area contributed by atoms with Gasteiger partial charge in [-0.25, -0.2) is 0 Å². The first-order valence-electron chi connectivity index (χ1n) is 14.5. The molecule has 10 heteroatoms. The number of amides is 2. The third kappa shape index (κ3) is 5.74. The van der Waals surface area contributed by atoms with Crippen molar-refractivity contribution in [3.05, 3.63) is 70.9 Å². The largest absolute Gasteiger partial charge is 0.493 e. The van der Waals surface area contributed by atoms with Crippen molar-refractivity contribution in [2.45, 2.75) is 63.4 Å². The van der Waals surface area contributed by atoms with E-state index in [4.69, 9.17) is 9.47 Å². The molecule has 0 saturated heterocycles. The van der Waals surface area contributed by atoms with Crippen molar-refractivity contribution in [3.63, 3.8) is 0 Å². The number of aromatic nitrogens is 1. The van der Waals surface area contributed by atoms with Gasteiger partial charge in [-0.2, -0.15) is 0 Å². The lowest BCUT2D eigenvalue weighted by Gasteiger charge is -2.40. The molecule has 1 aliphatic carbocycles. The van der Waals surface area contributed by atoms with Crippen LogP contribution in [0.15, 0.2) is 54.1 Å². The molecule has 0 bridgehead atoms. The highest BCUT2D eigenvalue weighted by molar-refractivity contribution is 5.96. The molecule has 1 aromatic heterocycles. The number of H-pyrrole nitrogens is 1. The number of aromatic amines is 1. The van der Waals surface area contributed by atoms with Crippen LogP contribution in [0.2, 0.25) is 0 Å². The minimum absolute atomic E-state index is 0.0496. The molecule has 0 fully saturated rings. The number of aliphatic hydroxyl groups excluding tert-OH is 3. The van der Waals surface area contributed by atoms with Crippen molar-refractivity contribution < 1.29 is 34.4 Å². The fraction of sp³-hybridized carbons (Fsp3) is 0.438. The van der Waals surface area contributed by atoms with Crippen LogP contribution in [0.4, 0.5) is 0 Å². The van der Waals surface area contributed by atoms with E-state index in [1.54, 1.807) is 23.1 Å². The fourth-order valence-electron chi connectivity index (χ4n) is 6.04. The van der Waals surface area contributed by atoms with Crippen LogP contribution in [0.3, 0.4) is 0 Å². The average Bonchev–Trinajstić information content (AvgIpc) is 3.61. The number of nitrogens with zero attached hydrogens (tertiary/aromatic N) is 1. The van der Waals surface area contributed by atoms with Crippen molar-refractivity contribution in [3.8, 4) is 11.5 Å². The maximum atomic E-state index is 13.6. The highest BCUT2D eigenvalue weighted by atomic mass is 16.5. The summed E-state index contributed by atoms with van der Waals surface area (Å²) in [5.41, 5.74) is 3.50. The minimum Gasteiger partial charge on any atom is -0.493 e. The number of aliphatic hydroxyl groups is 3. The molecule has 10 nitrogen and oxygen atoms in total. The number of hydrogen-bond donors (Lipinski definition) is 5. The van der Waals surface area contributed by atoms with E-state index < -0.39 is 30.1 Å². The SMILES string of the molecule is CCCCC(=O)N(CCc1cc2ccccc2[nH]1)C1C=C(C(=O)NCCO)C2c3cc(CO)cc(OC)c3OC2C1O.